The van der Waals surface area contributed by atoms with Gasteiger partial charge in [-0.05, 0) is 31.2 Å². The molecule has 1 aromatic carbocycles. The molecule has 0 bridgehead atoms. The van der Waals surface area contributed by atoms with Crippen LogP contribution in [0.5, 0.6) is 5.75 Å². The van der Waals surface area contributed by atoms with Crippen LogP contribution in [-0.2, 0) is 0 Å². The molecule has 0 amide bonds. The van der Waals surface area contributed by atoms with Gasteiger partial charge in [0.2, 0.25) is 0 Å². The molecule has 84 valence electrons. The molecule has 1 aromatic rings. The fourth-order valence-corrected chi connectivity index (χ4v) is 1.35. The molecule has 0 spiro atoms. The number of benzene rings is 1. The monoisotopic (exact) mass is 273 g/mol. The molecule has 0 aromatic heterocycles. The van der Waals surface area contributed by atoms with E-state index in [0.717, 1.165) is 16.8 Å². The second-order valence-corrected chi connectivity index (χ2v) is 4.27. The van der Waals surface area contributed by atoms with E-state index in [1.54, 1.807) is 6.92 Å². The quantitative estimate of drug-likeness (QED) is 0.777. The fourth-order valence-electron chi connectivity index (χ4n) is 1.08. The van der Waals surface area contributed by atoms with Gasteiger partial charge in [-0.3, -0.25) is 0 Å². The van der Waals surface area contributed by atoms with Crippen LogP contribution in [0.1, 0.15) is 6.92 Å². The van der Waals surface area contributed by atoms with Gasteiger partial charge < -0.3 is 15.2 Å². The molecule has 4 heteroatoms. The van der Waals surface area contributed by atoms with Gasteiger partial charge in [0.1, 0.15) is 12.4 Å². The fraction of sp³-hybridized carbons (Fsp3) is 0.455. The van der Waals surface area contributed by atoms with Crippen LogP contribution < -0.4 is 10.1 Å². The lowest BCUT2D eigenvalue weighted by Crippen LogP contribution is -2.28. The van der Waals surface area contributed by atoms with Crippen molar-refractivity contribution in [1.82, 2.24) is 5.32 Å². The molecule has 0 radical (unpaired) electrons. The van der Waals surface area contributed by atoms with Gasteiger partial charge in [0.15, 0.2) is 0 Å². The summed E-state index contributed by atoms with van der Waals surface area (Å²) in [6.07, 6.45) is -0.308. The number of ether oxygens (including phenoxy) is 1. The Hall–Kier alpha value is -0.580. The largest absolute Gasteiger partial charge is 0.492 e. The average Bonchev–Trinajstić information content (AvgIpc) is 2.20. The Kier molecular flexibility index (Phi) is 5.68. The minimum Gasteiger partial charge on any atom is -0.492 e. The first kappa shape index (κ1) is 12.5. The summed E-state index contributed by atoms with van der Waals surface area (Å²) in [7, 11) is 0. The van der Waals surface area contributed by atoms with E-state index in [1.165, 1.54) is 0 Å². The first-order valence-corrected chi connectivity index (χ1v) is 5.75. The molecule has 1 atom stereocenters. The van der Waals surface area contributed by atoms with Gasteiger partial charge in [-0.2, -0.15) is 0 Å². The van der Waals surface area contributed by atoms with E-state index in [4.69, 9.17) is 9.84 Å². The van der Waals surface area contributed by atoms with E-state index in [1.807, 2.05) is 24.3 Å². The first-order valence-electron chi connectivity index (χ1n) is 4.95. The molecule has 0 aliphatic heterocycles. The van der Waals surface area contributed by atoms with Crippen molar-refractivity contribution in [3.05, 3.63) is 28.7 Å². The molecule has 2 N–H and O–H groups in total. The lowest BCUT2D eigenvalue weighted by Gasteiger charge is -2.08. The lowest BCUT2D eigenvalue weighted by molar-refractivity contribution is 0.188. The third-order valence-electron chi connectivity index (χ3n) is 1.80. The topological polar surface area (TPSA) is 41.5 Å². The standard InChI is InChI=1S/C11H16BrNO2/c1-9(14)8-13-6-7-15-11-4-2-10(12)3-5-11/h2-5,9,13-14H,6-8H2,1H3. The van der Waals surface area contributed by atoms with E-state index in [9.17, 15) is 0 Å². The second kappa shape index (κ2) is 6.82. The molecule has 3 nitrogen and oxygen atoms in total. The smallest absolute Gasteiger partial charge is 0.119 e. The van der Waals surface area contributed by atoms with E-state index < -0.39 is 0 Å². The van der Waals surface area contributed by atoms with Gasteiger partial charge in [0.05, 0.1) is 6.10 Å². The number of halogens is 1. The van der Waals surface area contributed by atoms with Crippen LogP contribution in [0.3, 0.4) is 0 Å². The molecule has 15 heavy (non-hydrogen) atoms. The number of rotatable bonds is 6. The van der Waals surface area contributed by atoms with E-state index in [2.05, 4.69) is 21.2 Å². The highest BCUT2D eigenvalue weighted by Gasteiger charge is 1.95. The first-order chi connectivity index (χ1) is 7.18. The molecule has 0 aliphatic rings. The zero-order valence-corrected chi connectivity index (χ0v) is 10.3. The van der Waals surface area contributed by atoms with Crippen molar-refractivity contribution < 1.29 is 9.84 Å². The van der Waals surface area contributed by atoms with E-state index in [0.29, 0.717) is 13.2 Å². The maximum absolute atomic E-state index is 8.99. The summed E-state index contributed by atoms with van der Waals surface area (Å²) in [5.74, 6) is 0.858. The van der Waals surface area contributed by atoms with Gasteiger partial charge in [0, 0.05) is 17.6 Å². The SMILES string of the molecule is CC(O)CNCCOc1ccc(Br)cc1. The molecule has 0 saturated heterocycles. The van der Waals surface area contributed by atoms with Gasteiger partial charge in [0.25, 0.3) is 0 Å². The van der Waals surface area contributed by atoms with Crippen LogP contribution in [-0.4, -0.2) is 30.9 Å². The summed E-state index contributed by atoms with van der Waals surface area (Å²) in [4.78, 5) is 0. The molecule has 1 rings (SSSR count). The van der Waals surface area contributed by atoms with Crippen LogP contribution in [0, 0.1) is 0 Å². The van der Waals surface area contributed by atoms with Crippen molar-refractivity contribution in [1.29, 1.82) is 0 Å². The van der Waals surface area contributed by atoms with Gasteiger partial charge >= 0.3 is 0 Å². The zero-order chi connectivity index (χ0) is 11.1. The Morgan fingerprint density at radius 2 is 2.07 bits per heavy atom. The van der Waals surface area contributed by atoms with Gasteiger partial charge in [-0.15, -0.1) is 0 Å². The number of hydrogen-bond acceptors (Lipinski definition) is 3. The van der Waals surface area contributed by atoms with Crippen LogP contribution >= 0.6 is 15.9 Å². The molecule has 1 unspecified atom stereocenters. The number of hydrogen-bond donors (Lipinski definition) is 2. The van der Waals surface area contributed by atoms with Crippen molar-refractivity contribution in [2.75, 3.05) is 19.7 Å². The van der Waals surface area contributed by atoms with Crippen molar-refractivity contribution in [2.24, 2.45) is 0 Å². The third-order valence-corrected chi connectivity index (χ3v) is 2.33. The van der Waals surface area contributed by atoms with Crippen LogP contribution in [0.4, 0.5) is 0 Å². The Morgan fingerprint density at radius 3 is 2.67 bits per heavy atom. The average molecular weight is 274 g/mol. The predicted octanol–water partition coefficient (Wildman–Crippen LogP) is 1.80. The summed E-state index contributed by atoms with van der Waals surface area (Å²) in [5.41, 5.74) is 0. The number of aliphatic hydroxyl groups excluding tert-OH is 1. The molecular weight excluding hydrogens is 258 g/mol. The zero-order valence-electron chi connectivity index (χ0n) is 8.74. The lowest BCUT2D eigenvalue weighted by atomic mass is 10.3. The molecule has 0 saturated carbocycles. The highest BCUT2D eigenvalue weighted by Crippen LogP contribution is 2.15. The maximum Gasteiger partial charge on any atom is 0.119 e. The van der Waals surface area contributed by atoms with Crippen LogP contribution in [0.2, 0.25) is 0 Å². The normalized spacial score (nSPS) is 12.5. The van der Waals surface area contributed by atoms with Crippen molar-refractivity contribution >= 4 is 15.9 Å². The van der Waals surface area contributed by atoms with Crippen molar-refractivity contribution in [3.8, 4) is 5.75 Å². The molecule has 0 fully saturated rings. The minimum absolute atomic E-state index is 0.308. The Morgan fingerprint density at radius 1 is 1.40 bits per heavy atom. The Labute approximate surface area is 98.6 Å². The second-order valence-electron chi connectivity index (χ2n) is 3.36. The number of aliphatic hydroxyl groups is 1. The molecule has 0 aliphatic carbocycles. The van der Waals surface area contributed by atoms with Gasteiger partial charge in [-0.1, -0.05) is 15.9 Å². The molecule has 0 heterocycles. The van der Waals surface area contributed by atoms with Crippen LogP contribution in [0.15, 0.2) is 28.7 Å². The number of nitrogens with one attached hydrogen (secondary N) is 1. The highest BCUT2D eigenvalue weighted by molar-refractivity contribution is 9.10. The third kappa shape index (κ3) is 5.77. The summed E-state index contributed by atoms with van der Waals surface area (Å²) >= 11 is 3.36. The Balaban J connectivity index is 2.12. The summed E-state index contributed by atoms with van der Waals surface area (Å²) in [6, 6.07) is 7.72. The van der Waals surface area contributed by atoms with E-state index >= 15 is 0 Å². The maximum atomic E-state index is 8.99. The Bertz CT molecular complexity index is 274. The van der Waals surface area contributed by atoms with Gasteiger partial charge in [-0.25, -0.2) is 0 Å². The predicted molar refractivity (Wildman–Crippen MR) is 64.2 cm³/mol. The summed E-state index contributed by atoms with van der Waals surface area (Å²) in [5, 5.41) is 12.1. The molecular formula is C11H16BrNO2. The van der Waals surface area contributed by atoms with Crippen LogP contribution in [0.25, 0.3) is 0 Å². The highest BCUT2D eigenvalue weighted by atomic mass is 79.9. The minimum atomic E-state index is -0.308. The van der Waals surface area contributed by atoms with Crippen molar-refractivity contribution in [2.45, 2.75) is 13.0 Å². The van der Waals surface area contributed by atoms with Crippen molar-refractivity contribution in [3.63, 3.8) is 0 Å². The summed E-state index contributed by atoms with van der Waals surface area (Å²) in [6.45, 7) is 3.70. The van der Waals surface area contributed by atoms with E-state index in [-0.39, 0.29) is 6.10 Å². The summed E-state index contributed by atoms with van der Waals surface area (Å²) < 4.78 is 6.52.